The molecule has 0 fully saturated rings. The number of nitrogens with zero attached hydrogens (tertiary/aromatic N) is 4. The second kappa shape index (κ2) is 5.63. The first-order valence-corrected chi connectivity index (χ1v) is 7.40. The summed E-state index contributed by atoms with van der Waals surface area (Å²) in [5, 5.41) is 12.9. The molecule has 2 aromatic carbocycles. The smallest absolute Gasteiger partial charge is 0.189 e. The molecule has 1 heterocycles. The Bertz CT molecular complexity index is 818. The van der Waals surface area contributed by atoms with E-state index in [1.165, 1.54) is 0 Å². The lowest BCUT2D eigenvalue weighted by atomic mass is 10.1. The van der Waals surface area contributed by atoms with Crippen molar-refractivity contribution in [3.8, 4) is 17.1 Å². The van der Waals surface area contributed by atoms with E-state index in [2.05, 4.69) is 31.5 Å². The second-order valence-corrected chi connectivity index (χ2v) is 5.97. The van der Waals surface area contributed by atoms with Crippen LogP contribution in [0.4, 0.5) is 5.69 Å². The van der Waals surface area contributed by atoms with Crippen LogP contribution in [0.15, 0.2) is 40.9 Å². The van der Waals surface area contributed by atoms with E-state index in [4.69, 9.17) is 28.9 Å². The largest absolute Gasteiger partial charge is 0.398 e. The highest BCUT2D eigenvalue weighted by Gasteiger charge is 2.15. The minimum atomic E-state index is 0.497. The summed E-state index contributed by atoms with van der Waals surface area (Å²) in [4.78, 5) is 0. The molecule has 0 aliphatic heterocycles. The van der Waals surface area contributed by atoms with Crippen molar-refractivity contribution in [1.29, 1.82) is 0 Å². The van der Waals surface area contributed by atoms with Gasteiger partial charge in [0.2, 0.25) is 0 Å². The quantitative estimate of drug-likeness (QED) is 0.678. The van der Waals surface area contributed by atoms with Crippen molar-refractivity contribution in [3.05, 3.63) is 50.9 Å². The highest BCUT2D eigenvalue weighted by Crippen LogP contribution is 2.31. The molecule has 0 unspecified atom stereocenters. The molecule has 2 N–H and O–H groups in total. The number of tetrazole rings is 1. The number of nitrogen functional groups attached to an aromatic ring is 1. The van der Waals surface area contributed by atoms with Gasteiger partial charge in [0.15, 0.2) is 5.82 Å². The molecule has 0 atom stereocenters. The molecule has 0 spiro atoms. The van der Waals surface area contributed by atoms with Gasteiger partial charge in [0.1, 0.15) is 0 Å². The number of halogens is 3. The third-order valence-corrected chi connectivity index (χ3v) is 4.00. The topological polar surface area (TPSA) is 69.6 Å². The average molecular weight is 385 g/mol. The van der Waals surface area contributed by atoms with Crippen molar-refractivity contribution in [2.75, 3.05) is 5.73 Å². The van der Waals surface area contributed by atoms with Gasteiger partial charge in [0.25, 0.3) is 0 Å². The molecule has 1 aromatic heterocycles. The van der Waals surface area contributed by atoms with Gasteiger partial charge in [-0.25, -0.2) is 0 Å². The fourth-order valence-corrected chi connectivity index (χ4v) is 2.66. The van der Waals surface area contributed by atoms with Gasteiger partial charge < -0.3 is 5.73 Å². The Morgan fingerprint density at radius 2 is 1.76 bits per heavy atom. The standard InChI is InChI=1S/C13H8BrCl2N5/c14-10-4-2-8(16)6-12(10)21-13(18-19-20-21)9-3-1-7(15)5-11(9)17/h1-6H,17H2. The molecule has 5 nitrogen and oxygen atoms in total. The fourth-order valence-electron chi connectivity index (χ4n) is 1.90. The normalized spacial score (nSPS) is 10.8. The molecule has 106 valence electrons. The Labute approximate surface area is 138 Å². The monoisotopic (exact) mass is 383 g/mol. The van der Waals surface area contributed by atoms with Gasteiger partial charge in [-0.1, -0.05) is 23.2 Å². The number of benzene rings is 2. The molecule has 0 amide bonds. The Balaban J connectivity index is 2.19. The average Bonchev–Trinajstić information content (AvgIpc) is 2.90. The summed E-state index contributed by atoms with van der Waals surface area (Å²) in [6, 6.07) is 10.5. The summed E-state index contributed by atoms with van der Waals surface area (Å²) < 4.78 is 2.38. The third kappa shape index (κ3) is 2.74. The zero-order chi connectivity index (χ0) is 15.0. The Morgan fingerprint density at radius 1 is 1.05 bits per heavy atom. The number of aromatic nitrogens is 4. The molecule has 0 saturated carbocycles. The second-order valence-electron chi connectivity index (χ2n) is 4.24. The molecule has 3 aromatic rings. The Hall–Kier alpha value is -1.63. The van der Waals surface area contributed by atoms with E-state index in [9.17, 15) is 0 Å². The van der Waals surface area contributed by atoms with Crippen LogP contribution in [0, 0.1) is 0 Å². The number of nitrogens with two attached hydrogens (primary N) is 1. The summed E-state index contributed by atoms with van der Waals surface area (Å²) >= 11 is 15.4. The highest BCUT2D eigenvalue weighted by molar-refractivity contribution is 9.10. The summed E-state index contributed by atoms with van der Waals surface area (Å²) in [5.41, 5.74) is 7.90. The minimum Gasteiger partial charge on any atom is -0.398 e. The van der Waals surface area contributed by atoms with Gasteiger partial charge >= 0.3 is 0 Å². The maximum atomic E-state index is 6.04. The third-order valence-electron chi connectivity index (χ3n) is 2.86. The van der Waals surface area contributed by atoms with Gasteiger partial charge in [-0.05, 0) is 62.8 Å². The van der Waals surface area contributed by atoms with Crippen LogP contribution in [0.2, 0.25) is 10.0 Å². The SMILES string of the molecule is Nc1cc(Cl)ccc1-c1nnnn1-c1cc(Cl)ccc1Br. The van der Waals surface area contributed by atoms with E-state index >= 15 is 0 Å². The number of anilines is 1. The van der Waals surface area contributed by atoms with Crippen molar-refractivity contribution in [2.45, 2.75) is 0 Å². The fraction of sp³-hybridized carbons (Fsp3) is 0. The van der Waals surface area contributed by atoms with E-state index in [-0.39, 0.29) is 0 Å². The molecule has 21 heavy (non-hydrogen) atoms. The molecule has 0 radical (unpaired) electrons. The lowest BCUT2D eigenvalue weighted by molar-refractivity contribution is 0.789. The first kappa shape index (κ1) is 14.3. The van der Waals surface area contributed by atoms with Crippen LogP contribution in [0.3, 0.4) is 0 Å². The van der Waals surface area contributed by atoms with Gasteiger partial charge in [-0.2, -0.15) is 4.68 Å². The zero-order valence-corrected chi connectivity index (χ0v) is 13.6. The molecule has 3 rings (SSSR count). The van der Waals surface area contributed by atoms with E-state index in [0.717, 1.165) is 10.2 Å². The van der Waals surface area contributed by atoms with E-state index in [1.54, 1.807) is 35.0 Å². The lowest BCUT2D eigenvalue weighted by Crippen LogP contribution is -2.02. The van der Waals surface area contributed by atoms with Crippen LogP contribution in [0.25, 0.3) is 17.1 Å². The van der Waals surface area contributed by atoms with Gasteiger partial charge in [0, 0.05) is 25.8 Å². The molecule has 0 aliphatic rings. The Morgan fingerprint density at radius 3 is 2.52 bits per heavy atom. The molecule has 0 saturated heterocycles. The molecular formula is C13H8BrCl2N5. The first-order chi connectivity index (χ1) is 10.1. The predicted octanol–water partition coefficient (Wildman–Crippen LogP) is 3.98. The zero-order valence-electron chi connectivity index (χ0n) is 10.5. The maximum absolute atomic E-state index is 6.04. The van der Waals surface area contributed by atoms with Crippen LogP contribution in [-0.4, -0.2) is 20.2 Å². The molecular weight excluding hydrogens is 377 g/mol. The van der Waals surface area contributed by atoms with Gasteiger partial charge in [0.05, 0.1) is 5.69 Å². The molecule has 0 bridgehead atoms. The van der Waals surface area contributed by atoms with Crippen LogP contribution < -0.4 is 5.73 Å². The van der Waals surface area contributed by atoms with Crippen LogP contribution >= 0.6 is 39.1 Å². The van der Waals surface area contributed by atoms with Crippen molar-refractivity contribution in [1.82, 2.24) is 20.2 Å². The first-order valence-electron chi connectivity index (χ1n) is 5.85. The maximum Gasteiger partial charge on any atom is 0.189 e. The Kier molecular flexibility index (Phi) is 3.84. The summed E-state index contributed by atoms with van der Waals surface area (Å²) in [5.74, 6) is 0.507. The number of rotatable bonds is 2. The summed E-state index contributed by atoms with van der Waals surface area (Å²) in [6.07, 6.45) is 0. The van der Waals surface area contributed by atoms with Crippen LogP contribution in [0.5, 0.6) is 0 Å². The minimum absolute atomic E-state index is 0.497. The molecule has 0 aliphatic carbocycles. The number of hydrogen-bond donors (Lipinski definition) is 1. The van der Waals surface area contributed by atoms with Crippen molar-refractivity contribution >= 4 is 44.8 Å². The highest BCUT2D eigenvalue weighted by atomic mass is 79.9. The van der Waals surface area contributed by atoms with E-state index in [0.29, 0.717) is 27.1 Å². The predicted molar refractivity (Wildman–Crippen MR) is 86.7 cm³/mol. The van der Waals surface area contributed by atoms with Gasteiger partial charge in [-0.15, -0.1) is 5.10 Å². The summed E-state index contributed by atoms with van der Waals surface area (Å²) in [6.45, 7) is 0. The lowest BCUT2D eigenvalue weighted by Gasteiger charge is -2.09. The number of hydrogen-bond acceptors (Lipinski definition) is 4. The van der Waals surface area contributed by atoms with Crippen LogP contribution in [0.1, 0.15) is 0 Å². The van der Waals surface area contributed by atoms with E-state index in [1.807, 2.05) is 6.07 Å². The summed E-state index contributed by atoms with van der Waals surface area (Å²) in [7, 11) is 0. The van der Waals surface area contributed by atoms with E-state index < -0.39 is 0 Å². The van der Waals surface area contributed by atoms with Crippen molar-refractivity contribution < 1.29 is 0 Å². The van der Waals surface area contributed by atoms with Crippen LogP contribution in [-0.2, 0) is 0 Å². The molecule has 8 heteroatoms. The van der Waals surface area contributed by atoms with Crippen molar-refractivity contribution in [2.24, 2.45) is 0 Å². The van der Waals surface area contributed by atoms with Gasteiger partial charge in [-0.3, -0.25) is 0 Å². The van der Waals surface area contributed by atoms with Crippen molar-refractivity contribution in [3.63, 3.8) is 0 Å².